The summed E-state index contributed by atoms with van der Waals surface area (Å²) < 4.78 is 5.78. The highest BCUT2D eigenvalue weighted by Crippen LogP contribution is 2.30. The Labute approximate surface area is 128 Å². The standard InChI is InChI=1S/C14H15Cl2N3O/c1-4-17-13-8(2)14(19-9(3)18-13)20-12-6-10(15)5-11(16)7-12/h5-7H,4H2,1-3H3,(H,17,18,19). The molecule has 0 saturated carbocycles. The number of aryl methyl sites for hydroxylation is 1. The van der Waals surface area contributed by atoms with Gasteiger partial charge in [-0.25, -0.2) is 4.98 Å². The van der Waals surface area contributed by atoms with E-state index in [9.17, 15) is 0 Å². The number of hydrogen-bond acceptors (Lipinski definition) is 4. The molecule has 1 aromatic carbocycles. The molecule has 6 heteroatoms. The van der Waals surface area contributed by atoms with Crippen molar-refractivity contribution in [3.05, 3.63) is 39.6 Å². The summed E-state index contributed by atoms with van der Waals surface area (Å²) in [4.78, 5) is 8.66. The van der Waals surface area contributed by atoms with Crippen molar-refractivity contribution in [2.45, 2.75) is 20.8 Å². The van der Waals surface area contributed by atoms with Crippen LogP contribution in [0.15, 0.2) is 18.2 Å². The number of rotatable bonds is 4. The van der Waals surface area contributed by atoms with Crippen LogP contribution in [-0.2, 0) is 0 Å². The van der Waals surface area contributed by atoms with Gasteiger partial charge in [-0.3, -0.25) is 0 Å². The smallest absolute Gasteiger partial charge is 0.227 e. The van der Waals surface area contributed by atoms with Crippen LogP contribution in [0.1, 0.15) is 18.3 Å². The summed E-state index contributed by atoms with van der Waals surface area (Å²) >= 11 is 11.9. The normalized spacial score (nSPS) is 10.4. The zero-order valence-corrected chi connectivity index (χ0v) is 13.0. The van der Waals surface area contributed by atoms with Gasteiger partial charge in [0.05, 0.1) is 5.56 Å². The fourth-order valence-electron chi connectivity index (χ4n) is 1.74. The molecule has 1 heterocycles. The Balaban J connectivity index is 2.37. The maximum absolute atomic E-state index is 5.96. The van der Waals surface area contributed by atoms with Crippen molar-refractivity contribution in [1.29, 1.82) is 0 Å². The highest BCUT2D eigenvalue weighted by Gasteiger charge is 2.11. The van der Waals surface area contributed by atoms with Gasteiger partial charge in [-0.05, 0) is 39.0 Å². The molecular formula is C14H15Cl2N3O. The Morgan fingerprint density at radius 3 is 2.35 bits per heavy atom. The molecular weight excluding hydrogens is 297 g/mol. The molecule has 0 saturated heterocycles. The summed E-state index contributed by atoms with van der Waals surface area (Å²) in [5, 5.41) is 4.22. The summed E-state index contributed by atoms with van der Waals surface area (Å²) in [6, 6.07) is 5.03. The van der Waals surface area contributed by atoms with E-state index < -0.39 is 0 Å². The average molecular weight is 312 g/mol. The summed E-state index contributed by atoms with van der Waals surface area (Å²) in [6.45, 7) is 6.50. The third kappa shape index (κ3) is 3.52. The average Bonchev–Trinajstić information content (AvgIpc) is 2.34. The van der Waals surface area contributed by atoms with E-state index >= 15 is 0 Å². The van der Waals surface area contributed by atoms with Crippen molar-refractivity contribution < 1.29 is 4.74 Å². The third-order valence-electron chi connectivity index (χ3n) is 2.61. The predicted octanol–water partition coefficient (Wildman–Crippen LogP) is 4.62. The summed E-state index contributed by atoms with van der Waals surface area (Å²) in [5.41, 5.74) is 0.841. The zero-order chi connectivity index (χ0) is 14.7. The quantitative estimate of drug-likeness (QED) is 0.894. The summed E-state index contributed by atoms with van der Waals surface area (Å²) in [7, 11) is 0. The van der Waals surface area contributed by atoms with Crippen LogP contribution in [-0.4, -0.2) is 16.5 Å². The lowest BCUT2D eigenvalue weighted by molar-refractivity contribution is 0.456. The van der Waals surface area contributed by atoms with E-state index in [1.807, 2.05) is 20.8 Å². The number of ether oxygens (including phenoxy) is 1. The molecule has 0 radical (unpaired) electrons. The van der Waals surface area contributed by atoms with Gasteiger partial charge in [0.2, 0.25) is 5.88 Å². The van der Waals surface area contributed by atoms with Gasteiger partial charge in [-0.15, -0.1) is 0 Å². The second-order valence-electron chi connectivity index (χ2n) is 4.29. The van der Waals surface area contributed by atoms with Gasteiger partial charge < -0.3 is 10.1 Å². The minimum atomic E-state index is 0.492. The van der Waals surface area contributed by atoms with Crippen molar-refractivity contribution in [3.63, 3.8) is 0 Å². The molecule has 0 unspecified atom stereocenters. The van der Waals surface area contributed by atoms with Crippen LogP contribution in [0.2, 0.25) is 10.0 Å². The van der Waals surface area contributed by atoms with Crippen molar-refractivity contribution in [2.75, 3.05) is 11.9 Å². The molecule has 0 aliphatic heterocycles. The SMILES string of the molecule is CCNc1nc(C)nc(Oc2cc(Cl)cc(Cl)c2)c1C. The number of nitrogens with one attached hydrogen (secondary N) is 1. The van der Waals surface area contributed by atoms with Gasteiger partial charge in [-0.2, -0.15) is 4.98 Å². The zero-order valence-electron chi connectivity index (χ0n) is 11.5. The van der Waals surface area contributed by atoms with E-state index in [1.165, 1.54) is 0 Å². The van der Waals surface area contributed by atoms with E-state index in [4.69, 9.17) is 27.9 Å². The van der Waals surface area contributed by atoms with E-state index in [1.54, 1.807) is 18.2 Å². The summed E-state index contributed by atoms with van der Waals surface area (Å²) in [6.07, 6.45) is 0. The first-order valence-corrected chi connectivity index (χ1v) is 6.98. The molecule has 0 fully saturated rings. The molecule has 0 amide bonds. The van der Waals surface area contributed by atoms with Crippen LogP contribution < -0.4 is 10.1 Å². The van der Waals surface area contributed by atoms with Gasteiger partial charge in [0.25, 0.3) is 0 Å². The van der Waals surface area contributed by atoms with Crippen molar-refractivity contribution in [3.8, 4) is 11.6 Å². The molecule has 20 heavy (non-hydrogen) atoms. The third-order valence-corrected chi connectivity index (χ3v) is 3.04. The monoisotopic (exact) mass is 311 g/mol. The van der Waals surface area contributed by atoms with Crippen LogP contribution in [0.25, 0.3) is 0 Å². The van der Waals surface area contributed by atoms with E-state index in [2.05, 4.69) is 15.3 Å². The summed E-state index contributed by atoms with van der Waals surface area (Å²) in [5.74, 6) is 2.44. The largest absolute Gasteiger partial charge is 0.438 e. The Hall–Kier alpha value is -1.52. The van der Waals surface area contributed by atoms with Crippen LogP contribution in [0, 0.1) is 13.8 Å². The highest BCUT2D eigenvalue weighted by atomic mass is 35.5. The van der Waals surface area contributed by atoms with E-state index in [0.29, 0.717) is 27.5 Å². The highest BCUT2D eigenvalue weighted by molar-refractivity contribution is 6.34. The molecule has 4 nitrogen and oxygen atoms in total. The van der Waals surface area contributed by atoms with Gasteiger partial charge >= 0.3 is 0 Å². The van der Waals surface area contributed by atoms with Crippen molar-refractivity contribution in [2.24, 2.45) is 0 Å². The number of halogens is 2. The van der Waals surface area contributed by atoms with Gasteiger partial charge in [0, 0.05) is 16.6 Å². The second kappa shape index (κ2) is 6.29. The molecule has 2 rings (SSSR count). The van der Waals surface area contributed by atoms with Crippen LogP contribution >= 0.6 is 23.2 Å². The van der Waals surface area contributed by atoms with E-state index in [0.717, 1.165) is 17.9 Å². The number of benzene rings is 1. The predicted molar refractivity (Wildman–Crippen MR) is 82.2 cm³/mol. The Kier molecular flexibility index (Phi) is 4.68. The molecule has 0 bridgehead atoms. The first-order chi connectivity index (χ1) is 9.49. The van der Waals surface area contributed by atoms with Crippen molar-refractivity contribution in [1.82, 2.24) is 9.97 Å². The molecule has 2 aromatic rings. The lowest BCUT2D eigenvalue weighted by atomic mass is 10.3. The van der Waals surface area contributed by atoms with E-state index in [-0.39, 0.29) is 0 Å². The van der Waals surface area contributed by atoms with Crippen LogP contribution in [0.5, 0.6) is 11.6 Å². The minimum absolute atomic E-state index is 0.492. The molecule has 0 spiro atoms. The number of nitrogens with zero attached hydrogens (tertiary/aromatic N) is 2. The number of aromatic nitrogens is 2. The van der Waals surface area contributed by atoms with Gasteiger partial charge in [0.1, 0.15) is 17.4 Å². The van der Waals surface area contributed by atoms with Crippen LogP contribution in [0.3, 0.4) is 0 Å². The lowest BCUT2D eigenvalue weighted by Gasteiger charge is -2.13. The molecule has 1 N–H and O–H groups in total. The first kappa shape index (κ1) is 14.9. The molecule has 106 valence electrons. The Morgan fingerprint density at radius 2 is 1.75 bits per heavy atom. The fourth-order valence-corrected chi connectivity index (χ4v) is 2.25. The van der Waals surface area contributed by atoms with Crippen molar-refractivity contribution >= 4 is 29.0 Å². The molecule has 0 aliphatic rings. The molecule has 0 aliphatic carbocycles. The van der Waals surface area contributed by atoms with Gasteiger partial charge in [-0.1, -0.05) is 23.2 Å². The fraction of sp³-hybridized carbons (Fsp3) is 0.286. The minimum Gasteiger partial charge on any atom is -0.438 e. The molecule has 0 atom stereocenters. The second-order valence-corrected chi connectivity index (χ2v) is 5.16. The topological polar surface area (TPSA) is 47.0 Å². The Morgan fingerprint density at radius 1 is 1.10 bits per heavy atom. The molecule has 1 aromatic heterocycles. The van der Waals surface area contributed by atoms with Crippen LogP contribution in [0.4, 0.5) is 5.82 Å². The first-order valence-electron chi connectivity index (χ1n) is 6.22. The number of hydrogen-bond donors (Lipinski definition) is 1. The Bertz CT molecular complexity index is 612. The maximum Gasteiger partial charge on any atom is 0.227 e. The maximum atomic E-state index is 5.96. The lowest BCUT2D eigenvalue weighted by Crippen LogP contribution is -2.06. The van der Waals surface area contributed by atoms with Gasteiger partial charge in [0.15, 0.2) is 0 Å². The number of anilines is 1.